The Morgan fingerprint density at radius 1 is 1.07 bits per heavy atom. The molecule has 0 aliphatic carbocycles. The van der Waals surface area contributed by atoms with E-state index in [-0.39, 0.29) is 5.82 Å². The van der Waals surface area contributed by atoms with Gasteiger partial charge in [0.2, 0.25) is 0 Å². The predicted molar refractivity (Wildman–Crippen MR) is 113 cm³/mol. The maximum atomic E-state index is 13.5. The number of aliphatic imine (C=N–C) groups is 1. The minimum Gasteiger partial charge on any atom is -0.398 e. The molecule has 0 bridgehead atoms. The van der Waals surface area contributed by atoms with E-state index in [0.29, 0.717) is 17.8 Å². The molecule has 5 heteroatoms. The van der Waals surface area contributed by atoms with E-state index in [1.165, 1.54) is 12.1 Å². The van der Waals surface area contributed by atoms with Crippen LogP contribution in [-0.4, -0.2) is 26.6 Å². The second-order valence-corrected chi connectivity index (χ2v) is 6.45. The van der Waals surface area contributed by atoms with Gasteiger partial charge in [0.15, 0.2) is 0 Å². The third-order valence-corrected chi connectivity index (χ3v) is 4.62. The molecule has 0 heterocycles. The molecule has 0 saturated heterocycles. The van der Waals surface area contributed by atoms with Gasteiger partial charge in [0.05, 0.1) is 0 Å². The highest BCUT2D eigenvalue weighted by Gasteiger charge is 2.16. The molecule has 0 aliphatic heterocycles. The first-order valence-electron chi connectivity index (χ1n) is 8.92. The zero-order chi connectivity index (χ0) is 20.1. The number of rotatable bonds is 6. The molecule has 3 aromatic carbocycles. The molecule has 3 N–H and O–H groups in total. The highest BCUT2D eigenvalue weighted by Crippen LogP contribution is 2.37. The number of hydrogen-bond donors (Lipinski definition) is 2. The standard InChI is InChI=1S/C23H22FN3O/c1-26-12-16-10-21(19-4-3-5-23(25)22(19)13-27-2)20(11-17(16)14-28)15-6-8-18(24)9-7-15/h3-11,13-14,26H,12,25H2,1-2H3. The lowest BCUT2D eigenvalue weighted by atomic mass is 9.88. The first-order valence-corrected chi connectivity index (χ1v) is 8.92. The van der Waals surface area contributed by atoms with E-state index in [9.17, 15) is 9.18 Å². The van der Waals surface area contributed by atoms with Gasteiger partial charge in [-0.1, -0.05) is 24.3 Å². The van der Waals surface area contributed by atoms with Crippen LogP contribution < -0.4 is 11.1 Å². The molecule has 0 fully saturated rings. The van der Waals surface area contributed by atoms with E-state index in [1.807, 2.05) is 37.4 Å². The summed E-state index contributed by atoms with van der Waals surface area (Å²) in [5, 5.41) is 3.10. The van der Waals surface area contributed by atoms with Gasteiger partial charge < -0.3 is 11.1 Å². The van der Waals surface area contributed by atoms with Crippen LogP contribution in [0.4, 0.5) is 10.1 Å². The Morgan fingerprint density at radius 3 is 2.46 bits per heavy atom. The Morgan fingerprint density at radius 2 is 1.82 bits per heavy atom. The highest BCUT2D eigenvalue weighted by molar-refractivity contribution is 6.00. The van der Waals surface area contributed by atoms with Crippen molar-refractivity contribution in [1.29, 1.82) is 0 Å². The van der Waals surface area contributed by atoms with Crippen LogP contribution >= 0.6 is 0 Å². The molecule has 3 rings (SSSR count). The van der Waals surface area contributed by atoms with Gasteiger partial charge in [-0.15, -0.1) is 0 Å². The molecule has 142 valence electrons. The van der Waals surface area contributed by atoms with Gasteiger partial charge in [0.1, 0.15) is 12.1 Å². The van der Waals surface area contributed by atoms with Gasteiger partial charge >= 0.3 is 0 Å². The van der Waals surface area contributed by atoms with Crippen LogP contribution in [0.3, 0.4) is 0 Å². The quantitative estimate of drug-likeness (QED) is 0.383. The third kappa shape index (κ3) is 3.85. The Bertz CT molecular complexity index is 1030. The van der Waals surface area contributed by atoms with Gasteiger partial charge in [-0.2, -0.15) is 0 Å². The molecule has 0 radical (unpaired) electrons. The fourth-order valence-corrected chi connectivity index (χ4v) is 3.30. The summed E-state index contributed by atoms with van der Waals surface area (Å²) in [6, 6.07) is 15.8. The Hall–Kier alpha value is -3.31. The molecule has 0 aromatic heterocycles. The summed E-state index contributed by atoms with van der Waals surface area (Å²) in [6.07, 6.45) is 2.57. The minimum atomic E-state index is -0.310. The summed E-state index contributed by atoms with van der Waals surface area (Å²) < 4.78 is 13.5. The summed E-state index contributed by atoms with van der Waals surface area (Å²) >= 11 is 0. The van der Waals surface area contributed by atoms with Crippen LogP contribution in [0, 0.1) is 5.82 Å². The summed E-state index contributed by atoms with van der Waals surface area (Å²) in [7, 11) is 3.52. The largest absolute Gasteiger partial charge is 0.398 e. The molecule has 4 nitrogen and oxygen atoms in total. The molecule has 0 aliphatic rings. The van der Waals surface area contributed by atoms with Gasteiger partial charge in [0, 0.05) is 36.6 Å². The average Bonchev–Trinajstić information content (AvgIpc) is 2.70. The number of benzene rings is 3. The molecule has 0 amide bonds. The number of carbonyl (C=O) groups excluding carboxylic acids is 1. The van der Waals surface area contributed by atoms with Crippen LogP contribution in [0.1, 0.15) is 21.5 Å². The Kier molecular flexibility index (Phi) is 5.96. The van der Waals surface area contributed by atoms with Gasteiger partial charge in [0.25, 0.3) is 0 Å². The fourth-order valence-electron chi connectivity index (χ4n) is 3.30. The second-order valence-electron chi connectivity index (χ2n) is 6.45. The number of nitrogens with two attached hydrogens (primary N) is 1. The second kappa shape index (κ2) is 8.59. The zero-order valence-corrected chi connectivity index (χ0v) is 15.9. The monoisotopic (exact) mass is 375 g/mol. The van der Waals surface area contributed by atoms with Crippen LogP contribution in [0.5, 0.6) is 0 Å². The molecule has 0 spiro atoms. The van der Waals surface area contributed by atoms with Crippen LogP contribution in [0.2, 0.25) is 0 Å². The number of carbonyl (C=O) groups is 1. The number of halogens is 1. The number of anilines is 1. The van der Waals surface area contributed by atoms with Crippen molar-refractivity contribution in [1.82, 2.24) is 5.32 Å². The van der Waals surface area contributed by atoms with Crippen molar-refractivity contribution in [2.45, 2.75) is 6.54 Å². The molecular formula is C23H22FN3O. The van der Waals surface area contributed by atoms with E-state index < -0.39 is 0 Å². The van der Waals surface area contributed by atoms with E-state index in [0.717, 1.165) is 39.7 Å². The van der Waals surface area contributed by atoms with Crippen molar-refractivity contribution in [2.75, 3.05) is 19.8 Å². The van der Waals surface area contributed by atoms with Crippen LogP contribution in [0.25, 0.3) is 22.3 Å². The van der Waals surface area contributed by atoms with Crippen molar-refractivity contribution in [2.24, 2.45) is 4.99 Å². The van der Waals surface area contributed by atoms with Crippen molar-refractivity contribution in [3.8, 4) is 22.3 Å². The number of hydrogen-bond acceptors (Lipinski definition) is 4. The molecule has 28 heavy (non-hydrogen) atoms. The Balaban J connectivity index is 2.35. The molecular weight excluding hydrogens is 353 g/mol. The fraction of sp³-hybridized carbons (Fsp3) is 0.130. The SMILES string of the molecule is CN=Cc1c(N)cccc1-c1cc(CNC)c(C=O)cc1-c1ccc(F)cc1. The maximum Gasteiger partial charge on any atom is 0.150 e. The number of nitrogens with one attached hydrogen (secondary N) is 1. The highest BCUT2D eigenvalue weighted by atomic mass is 19.1. The minimum absolute atomic E-state index is 0.310. The molecule has 0 saturated carbocycles. The van der Waals surface area contributed by atoms with Crippen molar-refractivity contribution in [3.05, 3.63) is 77.1 Å². The van der Waals surface area contributed by atoms with Gasteiger partial charge in [-0.3, -0.25) is 9.79 Å². The van der Waals surface area contributed by atoms with Crippen LogP contribution in [-0.2, 0) is 6.54 Å². The molecule has 0 atom stereocenters. The van der Waals surface area contributed by atoms with E-state index in [1.54, 1.807) is 25.4 Å². The maximum absolute atomic E-state index is 13.5. The molecule has 0 unspecified atom stereocenters. The van der Waals surface area contributed by atoms with Crippen molar-refractivity contribution < 1.29 is 9.18 Å². The van der Waals surface area contributed by atoms with Gasteiger partial charge in [-0.05, 0) is 65.2 Å². The first kappa shape index (κ1) is 19.5. The number of nitrogen functional groups attached to an aromatic ring is 1. The lowest BCUT2D eigenvalue weighted by Gasteiger charge is -2.17. The number of nitrogens with zero attached hydrogens (tertiary/aromatic N) is 1. The zero-order valence-electron chi connectivity index (χ0n) is 15.9. The average molecular weight is 375 g/mol. The summed E-state index contributed by atoms with van der Waals surface area (Å²) in [5.41, 5.74) is 12.5. The Labute approximate surface area is 163 Å². The molecule has 3 aromatic rings. The summed E-state index contributed by atoms with van der Waals surface area (Å²) in [6.45, 7) is 0.546. The third-order valence-electron chi connectivity index (χ3n) is 4.62. The van der Waals surface area contributed by atoms with E-state index in [4.69, 9.17) is 5.73 Å². The van der Waals surface area contributed by atoms with E-state index >= 15 is 0 Å². The smallest absolute Gasteiger partial charge is 0.150 e. The van der Waals surface area contributed by atoms with Crippen molar-refractivity contribution >= 4 is 18.2 Å². The van der Waals surface area contributed by atoms with E-state index in [2.05, 4.69) is 10.3 Å². The number of aldehydes is 1. The topological polar surface area (TPSA) is 67.5 Å². The first-order chi connectivity index (χ1) is 13.6. The normalized spacial score (nSPS) is 11.1. The van der Waals surface area contributed by atoms with Crippen LogP contribution in [0.15, 0.2) is 59.6 Å². The van der Waals surface area contributed by atoms with Crippen molar-refractivity contribution in [3.63, 3.8) is 0 Å². The summed E-state index contributed by atoms with van der Waals surface area (Å²) in [4.78, 5) is 15.8. The predicted octanol–water partition coefficient (Wildman–Crippen LogP) is 4.32. The summed E-state index contributed by atoms with van der Waals surface area (Å²) in [5.74, 6) is -0.310. The lowest BCUT2D eigenvalue weighted by Crippen LogP contribution is -2.08. The van der Waals surface area contributed by atoms with Gasteiger partial charge in [-0.25, -0.2) is 4.39 Å². The lowest BCUT2D eigenvalue weighted by molar-refractivity contribution is 0.112.